The second-order valence-electron chi connectivity index (χ2n) is 4.13. The average Bonchev–Trinajstić information content (AvgIpc) is 2.83. The Morgan fingerprint density at radius 2 is 2.21 bits per heavy atom. The van der Waals surface area contributed by atoms with Gasteiger partial charge in [0.25, 0.3) is 5.91 Å². The number of aromatic nitrogens is 2. The van der Waals surface area contributed by atoms with E-state index in [1.807, 2.05) is 0 Å². The molecule has 19 heavy (non-hydrogen) atoms. The Bertz CT molecular complexity index is 658. The van der Waals surface area contributed by atoms with E-state index in [2.05, 4.69) is 15.3 Å². The number of pyridine rings is 2. The molecule has 1 N–H and O–H groups in total. The summed E-state index contributed by atoms with van der Waals surface area (Å²) in [4.78, 5) is 20.8. The molecule has 96 valence electrons. The molecule has 3 rings (SSSR count). The van der Waals surface area contributed by atoms with Gasteiger partial charge in [-0.05, 0) is 18.2 Å². The normalized spacial score (nSPS) is 16.9. The van der Waals surface area contributed by atoms with E-state index in [4.69, 9.17) is 0 Å². The van der Waals surface area contributed by atoms with Gasteiger partial charge >= 0.3 is 0 Å². The van der Waals surface area contributed by atoms with E-state index in [0.717, 1.165) is 5.69 Å². The quantitative estimate of drug-likeness (QED) is 0.897. The van der Waals surface area contributed by atoms with Crippen LogP contribution in [0.1, 0.15) is 16.1 Å². The van der Waals surface area contributed by atoms with E-state index in [-0.39, 0.29) is 5.91 Å². The zero-order valence-corrected chi connectivity index (χ0v) is 10.8. The molecule has 0 radical (unpaired) electrons. The standard InChI is InChI=1S/C13H11N3O2S/c17-13(9-2-1-5-14-8-9)16-11-3-6-15-10-4-7-19(18)12(10)11/h1-3,5-6,8H,4,7H2,(H,15,16,17). The number of nitrogens with one attached hydrogen (secondary N) is 1. The maximum Gasteiger partial charge on any atom is 0.257 e. The van der Waals surface area contributed by atoms with Crippen molar-refractivity contribution in [2.75, 3.05) is 11.1 Å². The molecular formula is C13H11N3O2S. The van der Waals surface area contributed by atoms with Crippen molar-refractivity contribution in [2.24, 2.45) is 0 Å². The number of hydrogen-bond acceptors (Lipinski definition) is 4. The van der Waals surface area contributed by atoms with Crippen molar-refractivity contribution in [3.8, 4) is 0 Å². The molecular weight excluding hydrogens is 262 g/mol. The molecule has 1 amide bonds. The minimum absolute atomic E-state index is 0.259. The van der Waals surface area contributed by atoms with Crippen LogP contribution in [0, 0.1) is 0 Å². The van der Waals surface area contributed by atoms with Crippen molar-refractivity contribution in [3.05, 3.63) is 48.0 Å². The van der Waals surface area contributed by atoms with Gasteiger partial charge in [0, 0.05) is 30.8 Å². The minimum Gasteiger partial charge on any atom is -0.321 e. The number of fused-ring (bicyclic) bond motifs is 1. The first-order valence-electron chi connectivity index (χ1n) is 5.83. The third-order valence-corrected chi connectivity index (χ3v) is 4.39. The third kappa shape index (κ3) is 2.26. The number of carbonyl (C=O) groups excluding carboxylic acids is 1. The van der Waals surface area contributed by atoms with Crippen LogP contribution in [0.3, 0.4) is 0 Å². The maximum absolute atomic E-state index is 12.1. The van der Waals surface area contributed by atoms with Crippen LogP contribution in [-0.2, 0) is 17.2 Å². The number of nitrogens with zero attached hydrogens (tertiary/aromatic N) is 2. The SMILES string of the molecule is O=C(Nc1ccnc2c1S(=O)CC2)c1cccnc1. The van der Waals surface area contributed by atoms with E-state index in [1.54, 1.807) is 30.6 Å². The first kappa shape index (κ1) is 12.0. The number of hydrogen-bond donors (Lipinski definition) is 1. The first-order valence-corrected chi connectivity index (χ1v) is 7.15. The second kappa shape index (κ2) is 4.89. The summed E-state index contributed by atoms with van der Waals surface area (Å²) in [5.41, 5.74) is 1.86. The molecule has 0 fully saturated rings. The van der Waals surface area contributed by atoms with Crippen LogP contribution >= 0.6 is 0 Å². The largest absolute Gasteiger partial charge is 0.321 e. The predicted molar refractivity (Wildman–Crippen MR) is 71.4 cm³/mol. The molecule has 0 spiro atoms. The lowest BCUT2D eigenvalue weighted by atomic mass is 10.2. The molecule has 0 aromatic carbocycles. The van der Waals surface area contributed by atoms with Crippen molar-refractivity contribution >= 4 is 22.4 Å². The van der Waals surface area contributed by atoms with Crippen LogP contribution < -0.4 is 5.32 Å². The predicted octanol–water partition coefficient (Wildman–Crippen LogP) is 1.39. The van der Waals surface area contributed by atoms with Gasteiger partial charge in [-0.2, -0.15) is 0 Å². The Labute approximate surface area is 112 Å². The molecule has 1 aliphatic rings. The second-order valence-corrected chi connectivity index (χ2v) is 5.64. The molecule has 1 atom stereocenters. The highest BCUT2D eigenvalue weighted by molar-refractivity contribution is 7.85. The summed E-state index contributed by atoms with van der Waals surface area (Å²) in [7, 11) is -1.07. The summed E-state index contributed by atoms with van der Waals surface area (Å²) in [6.45, 7) is 0. The van der Waals surface area contributed by atoms with Crippen molar-refractivity contribution in [1.29, 1.82) is 0 Å². The van der Waals surface area contributed by atoms with Gasteiger partial charge in [0.05, 0.1) is 32.6 Å². The number of carbonyl (C=O) groups is 1. The van der Waals surface area contributed by atoms with Crippen LogP contribution in [0.5, 0.6) is 0 Å². The van der Waals surface area contributed by atoms with Crippen LogP contribution in [0.15, 0.2) is 41.7 Å². The Balaban J connectivity index is 1.91. The maximum atomic E-state index is 12.1. The fraction of sp³-hybridized carbons (Fsp3) is 0.154. The number of rotatable bonds is 2. The molecule has 1 aliphatic heterocycles. The summed E-state index contributed by atoms with van der Waals surface area (Å²) in [6.07, 6.45) is 5.42. The van der Waals surface area contributed by atoms with Gasteiger partial charge in [0.2, 0.25) is 0 Å². The molecule has 0 saturated carbocycles. The number of amides is 1. The molecule has 2 aromatic heterocycles. The fourth-order valence-electron chi connectivity index (χ4n) is 2.01. The van der Waals surface area contributed by atoms with E-state index < -0.39 is 10.8 Å². The molecule has 0 aliphatic carbocycles. The van der Waals surface area contributed by atoms with Crippen molar-refractivity contribution in [2.45, 2.75) is 11.3 Å². The van der Waals surface area contributed by atoms with Gasteiger partial charge in [0.15, 0.2) is 0 Å². The van der Waals surface area contributed by atoms with Crippen molar-refractivity contribution in [1.82, 2.24) is 9.97 Å². The van der Waals surface area contributed by atoms with Crippen LogP contribution in [0.25, 0.3) is 0 Å². The highest BCUT2D eigenvalue weighted by Crippen LogP contribution is 2.28. The lowest BCUT2D eigenvalue weighted by molar-refractivity contribution is 0.102. The Hall–Kier alpha value is -2.08. The first-order chi connectivity index (χ1) is 9.25. The topological polar surface area (TPSA) is 72.0 Å². The Kier molecular flexibility index (Phi) is 3.08. The van der Waals surface area contributed by atoms with Gasteiger partial charge in [-0.25, -0.2) is 0 Å². The highest BCUT2D eigenvalue weighted by Gasteiger charge is 2.23. The van der Waals surface area contributed by atoms with E-state index >= 15 is 0 Å². The summed E-state index contributed by atoms with van der Waals surface area (Å²) >= 11 is 0. The lowest BCUT2D eigenvalue weighted by Crippen LogP contribution is -2.13. The number of aryl methyl sites for hydroxylation is 1. The zero-order chi connectivity index (χ0) is 13.2. The van der Waals surface area contributed by atoms with Gasteiger partial charge in [0.1, 0.15) is 0 Å². The van der Waals surface area contributed by atoms with Gasteiger partial charge in [-0.15, -0.1) is 0 Å². The average molecular weight is 273 g/mol. The fourth-order valence-corrected chi connectivity index (χ4v) is 3.37. The Morgan fingerprint density at radius 1 is 1.32 bits per heavy atom. The van der Waals surface area contributed by atoms with E-state index in [1.165, 1.54) is 6.20 Å². The van der Waals surface area contributed by atoms with Gasteiger partial charge in [-0.1, -0.05) is 0 Å². The third-order valence-electron chi connectivity index (χ3n) is 2.90. The van der Waals surface area contributed by atoms with Crippen LogP contribution in [0.2, 0.25) is 0 Å². The van der Waals surface area contributed by atoms with E-state index in [9.17, 15) is 9.00 Å². The van der Waals surface area contributed by atoms with Crippen molar-refractivity contribution < 1.29 is 9.00 Å². The van der Waals surface area contributed by atoms with Crippen LogP contribution in [0.4, 0.5) is 5.69 Å². The Morgan fingerprint density at radius 3 is 3.00 bits per heavy atom. The number of anilines is 1. The lowest BCUT2D eigenvalue weighted by Gasteiger charge is -2.08. The van der Waals surface area contributed by atoms with Crippen molar-refractivity contribution in [3.63, 3.8) is 0 Å². The highest BCUT2D eigenvalue weighted by atomic mass is 32.2. The summed E-state index contributed by atoms with van der Waals surface area (Å²) in [5, 5.41) is 2.78. The molecule has 0 saturated heterocycles. The molecule has 1 unspecified atom stereocenters. The van der Waals surface area contributed by atoms with Gasteiger partial charge < -0.3 is 5.32 Å². The molecule has 6 heteroatoms. The summed E-state index contributed by atoms with van der Waals surface area (Å²) in [6, 6.07) is 5.06. The smallest absolute Gasteiger partial charge is 0.257 e. The van der Waals surface area contributed by atoms with E-state index in [0.29, 0.717) is 28.3 Å². The molecule has 3 heterocycles. The summed E-state index contributed by atoms with van der Waals surface area (Å²) < 4.78 is 11.9. The molecule has 5 nitrogen and oxygen atoms in total. The summed E-state index contributed by atoms with van der Waals surface area (Å²) in [5.74, 6) is 0.313. The zero-order valence-electron chi connectivity index (χ0n) is 10.00. The van der Waals surface area contributed by atoms with Gasteiger partial charge in [-0.3, -0.25) is 19.0 Å². The van der Waals surface area contributed by atoms with Crippen LogP contribution in [-0.4, -0.2) is 25.8 Å². The molecule has 2 aromatic rings. The molecule has 0 bridgehead atoms. The minimum atomic E-state index is -1.07. The monoisotopic (exact) mass is 273 g/mol.